The quantitative estimate of drug-likeness (QED) is 0.527. The number of methoxy groups -OCH3 is 1. The Kier molecular flexibility index (Phi) is 7.42. The SMILES string of the molecule is COc1ccc(C)cc1CC(=O)Nc1cccc(COCCc2ccccc2)c1. The van der Waals surface area contributed by atoms with Crippen molar-refractivity contribution in [3.05, 3.63) is 95.1 Å². The minimum absolute atomic E-state index is 0.0731. The molecular formula is C25H27NO3. The number of rotatable bonds is 9. The number of amides is 1. The molecule has 0 aliphatic heterocycles. The summed E-state index contributed by atoms with van der Waals surface area (Å²) in [7, 11) is 1.62. The van der Waals surface area contributed by atoms with E-state index in [1.165, 1.54) is 5.56 Å². The standard InChI is InChI=1S/C25H27NO3/c1-19-11-12-24(28-2)22(15-19)17-25(27)26-23-10-6-9-21(16-23)18-29-14-13-20-7-4-3-5-8-20/h3-12,15-16H,13-14,17-18H2,1-2H3,(H,26,27). The molecule has 4 heteroatoms. The van der Waals surface area contributed by atoms with Crippen LogP contribution in [0.2, 0.25) is 0 Å². The molecule has 0 unspecified atom stereocenters. The first-order chi connectivity index (χ1) is 14.1. The van der Waals surface area contributed by atoms with Crippen LogP contribution in [0.3, 0.4) is 0 Å². The second-order valence-electron chi connectivity index (χ2n) is 7.03. The van der Waals surface area contributed by atoms with Crippen LogP contribution < -0.4 is 10.1 Å². The van der Waals surface area contributed by atoms with Gasteiger partial charge in [0.2, 0.25) is 5.91 Å². The molecule has 3 aromatic rings. The van der Waals surface area contributed by atoms with Gasteiger partial charge in [0.1, 0.15) is 5.75 Å². The summed E-state index contributed by atoms with van der Waals surface area (Å²) in [6, 6.07) is 23.9. The van der Waals surface area contributed by atoms with Crippen molar-refractivity contribution in [1.29, 1.82) is 0 Å². The van der Waals surface area contributed by atoms with Crippen LogP contribution >= 0.6 is 0 Å². The predicted octanol–water partition coefficient (Wildman–Crippen LogP) is 4.94. The summed E-state index contributed by atoms with van der Waals surface area (Å²) in [5.74, 6) is 0.655. The van der Waals surface area contributed by atoms with Crippen LogP contribution in [0, 0.1) is 6.92 Å². The van der Waals surface area contributed by atoms with Crippen molar-refractivity contribution in [2.45, 2.75) is 26.4 Å². The molecule has 0 fully saturated rings. The Balaban J connectivity index is 1.51. The molecule has 0 aromatic heterocycles. The molecule has 3 rings (SSSR count). The summed E-state index contributed by atoms with van der Waals surface area (Å²) >= 11 is 0. The third-order valence-corrected chi connectivity index (χ3v) is 4.64. The van der Waals surface area contributed by atoms with Gasteiger partial charge in [0, 0.05) is 11.3 Å². The monoisotopic (exact) mass is 389 g/mol. The second-order valence-corrected chi connectivity index (χ2v) is 7.03. The number of anilines is 1. The Labute approximate surface area is 172 Å². The number of hydrogen-bond donors (Lipinski definition) is 1. The Morgan fingerprint density at radius 3 is 2.52 bits per heavy atom. The van der Waals surface area contributed by atoms with E-state index < -0.39 is 0 Å². The molecule has 0 bridgehead atoms. The summed E-state index contributed by atoms with van der Waals surface area (Å²) in [6.07, 6.45) is 1.15. The molecule has 3 aromatic carbocycles. The third kappa shape index (κ3) is 6.47. The van der Waals surface area contributed by atoms with E-state index in [0.29, 0.717) is 13.2 Å². The number of carbonyl (C=O) groups is 1. The molecule has 0 saturated heterocycles. The van der Waals surface area contributed by atoms with Crippen molar-refractivity contribution in [2.75, 3.05) is 19.0 Å². The molecule has 1 amide bonds. The minimum Gasteiger partial charge on any atom is -0.496 e. The first kappa shape index (κ1) is 20.6. The predicted molar refractivity (Wildman–Crippen MR) is 116 cm³/mol. The van der Waals surface area contributed by atoms with E-state index in [1.807, 2.05) is 67.6 Å². The van der Waals surface area contributed by atoms with Gasteiger partial charge in [0.05, 0.1) is 26.7 Å². The van der Waals surface area contributed by atoms with Gasteiger partial charge in [-0.3, -0.25) is 4.79 Å². The highest BCUT2D eigenvalue weighted by molar-refractivity contribution is 5.92. The lowest BCUT2D eigenvalue weighted by molar-refractivity contribution is -0.115. The molecule has 4 nitrogen and oxygen atoms in total. The number of aryl methyl sites for hydroxylation is 1. The molecule has 0 aliphatic rings. The van der Waals surface area contributed by atoms with E-state index >= 15 is 0 Å². The number of benzene rings is 3. The fourth-order valence-corrected chi connectivity index (χ4v) is 3.19. The van der Waals surface area contributed by atoms with Crippen molar-refractivity contribution < 1.29 is 14.3 Å². The van der Waals surface area contributed by atoms with Gasteiger partial charge in [-0.05, 0) is 42.7 Å². The van der Waals surface area contributed by atoms with E-state index in [1.54, 1.807) is 7.11 Å². The van der Waals surface area contributed by atoms with Crippen LogP contribution in [0.1, 0.15) is 22.3 Å². The van der Waals surface area contributed by atoms with Gasteiger partial charge in [-0.15, -0.1) is 0 Å². The average Bonchev–Trinajstić information content (AvgIpc) is 2.72. The van der Waals surface area contributed by atoms with Crippen LogP contribution in [-0.4, -0.2) is 19.6 Å². The maximum absolute atomic E-state index is 12.5. The van der Waals surface area contributed by atoms with Crippen molar-refractivity contribution >= 4 is 11.6 Å². The van der Waals surface area contributed by atoms with Gasteiger partial charge < -0.3 is 14.8 Å². The molecule has 29 heavy (non-hydrogen) atoms. The van der Waals surface area contributed by atoms with Crippen molar-refractivity contribution in [3.63, 3.8) is 0 Å². The van der Waals surface area contributed by atoms with Gasteiger partial charge in [0.15, 0.2) is 0 Å². The van der Waals surface area contributed by atoms with Crippen LogP contribution in [0.25, 0.3) is 0 Å². The van der Waals surface area contributed by atoms with E-state index in [2.05, 4.69) is 17.4 Å². The van der Waals surface area contributed by atoms with E-state index in [0.717, 1.165) is 34.5 Å². The van der Waals surface area contributed by atoms with E-state index in [9.17, 15) is 4.79 Å². The summed E-state index contributed by atoms with van der Waals surface area (Å²) in [4.78, 5) is 12.5. The first-order valence-electron chi connectivity index (χ1n) is 9.78. The lowest BCUT2D eigenvalue weighted by atomic mass is 10.1. The fourth-order valence-electron chi connectivity index (χ4n) is 3.19. The molecule has 0 aliphatic carbocycles. The smallest absolute Gasteiger partial charge is 0.228 e. The second kappa shape index (κ2) is 10.4. The maximum Gasteiger partial charge on any atom is 0.228 e. The van der Waals surface area contributed by atoms with Crippen LogP contribution in [0.15, 0.2) is 72.8 Å². The van der Waals surface area contributed by atoms with Gasteiger partial charge >= 0.3 is 0 Å². The topological polar surface area (TPSA) is 47.6 Å². The van der Waals surface area contributed by atoms with Crippen molar-refractivity contribution in [3.8, 4) is 5.75 Å². The largest absolute Gasteiger partial charge is 0.496 e. The average molecular weight is 389 g/mol. The molecule has 0 saturated carbocycles. The number of ether oxygens (including phenoxy) is 2. The molecule has 0 heterocycles. The van der Waals surface area contributed by atoms with E-state index in [-0.39, 0.29) is 12.3 Å². The highest BCUT2D eigenvalue weighted by atomic mass is 16.5. The van der Waals surface area contributed by atoms with Gasteiger partial charge in [-0.25, -0.2) is 0 Å². The molecule has 0 spiro atoms. The summed E-state index contributed by atoms with van der Waals surface area (Å²) in [5, 5.41) is 2.97. The lowest BCUT2D eigenvalue weighted by Gasteiger charge is -2.11. The summed E-state index contributed by atoms with van der Waals surface area (Å²) < 4.78 is 11.2. The fraction of sp³-hybridized carbons (Fsp3) is 0.240. The van der Waals surface area contributed by atoms with Crippen LogP contribution in [0.5, 0.6) is 5.75 Å². The lowest BCUT2D eigenvalue weighted by Crippen LogP contribution is -2.15. The van der Waals surface area contributed by atoms with Gasteiger partial charge in [-0.2, -0.15) is 0 Å². The molecule has 150 valence electrons. The highest BCUT2D eigenvalue weighted by Gasteiger charge is 2.10. The number of nitrogens with one attached hydrogen (secondary N) is 1. The normalized spacial score (nSPS) is 10.6. The zero-order valence-corrected chi connectivity index (χ0v) is 17.0. The van der Waals surface area contributed by atoms with Crippen LogP contribution in [-0.2, 0) is 29.0 Å². The molecule has 0 radical (unpaired) electrons. The van der Waals surface area contributed by atoms with E-state index in [4.69, 9.17) is 9.47 Å². The van der Waals surface area contributed by atoms with Crippen LogP contribution in [0.4, 0.5) is 5.69 Å². The van der Waals surface area contributed by atoms with Crippen molar-refractivity contribution in [2.24, 2.45) is 0 Å². The van der Waals surface area contributed by atoms with Crippen molar-refractivity contribution in [1.82, 2.24) is 0 Å². The summed E-state index contributed by atoms with van der Waals surface area (Å²) in [6.45, 7) is 3.18. The first-order valence-corrected chi connectivity index (χ1v) is 9.78. The summed E-state index contributed by atoms with van der Waals surface area (Å²) in [5.41, 5.74) is 5.04. The zero-order valence-electron chi connectivity index (χ0n) is 17.0. The Morgan fingerprint density at radius 2 is 1.72 bits per heavy atom. The molecule has 1 N–H and O–H groups in total. The number of hydrogen-bond acceptors (Lipinski definition) is 3. The highest BCUT2D eigenvalue weighted by Crippen LogP contribution is 2.21. The number of carbonyl (C=O) groups excluding carboxylic acids is 1. The van der Waals surface area contributed by atoms with Gasteiger partial charge in [-0.1, -0.05) is 60.2 Å². The zero-order chi connectivity index (χ0) is 20.5. The molecular weight excluding hydrogens is 362 g/mol. The van der Waals surface area contributed by atoms with Gasteiger partial charge in [0.25, 0.3) is 0 Å². The Bertz CT molecular complexity index is 938. The Hall–Kier alpha value is -3.11. The Morgan fingerprint density at radius 1 is 0.931 bits per heavy atom. The minimum atomic E-state index is -0.0731. The third-order valence-electron chi connectivity index (χ3n) is 4.64. The maximum atomic E-state index is 12.5. The molecule has 0 atom stereocenters.